The van der Waals surface area contributed by atoms with Crippen LogP contribution in [0.25, 0.3) is 10.9 Å². The van der Waals surface area contributed by atoms with Crippen molar-refractivity contribution in [2.45, 2.75) is 82.1 Å². The number of benzene rings is 1. The van der Waals surface area contributed by atoms with E-state index in [-0.39, 0.29) is 47.6 Å². The monoisotopic (exact) mass is 560 g/mol. The van der Waals surface area contributed by atoms with Gasteiger partial charge < -0.3 is 20.5 Å². The van der Waals surface area contributed by atoms with E-state index in [1.165, 1.54) is 18.6 Å². The fourth-order valence-corrected chi connectivity index (χ4v) is 7.46. The Labute approximate surface area is 241 Å². The molecule has 1 aromatic carbocycles. The molecule has 1 aliphatic carbocycles. The number of halogens is 1. The number of fused-ring (bicyclic) bond motifs is 2. The van der Waals surface area contributed by atoms with Crippen LogP contribution < -0.4 is 10.6 Å². The molecule has 0 radical (unpaired) electrons. The highest BCUT2D eigenvalue weighted by molar-refractivity contribution is 5.90. The summed E-state index contributed by atoms with van der Waals surface area (Å²) in [7, 11) is 1.76. The largest absolute Gasteiger partial charge is 0.361 e. The van der Waals surface area contributed by atoms with Crippen molar-refractivity contribution in [3.8, 4) is 0 Å². The molecule has 0 spiro atoms. The summed E-state index contributed by atoms with van der Waals surface area (Å²) in [5.74, 6) is -0.175. The molecule has 3 aliphatic rings. The van der Waals surface area contributed by atoms with E-state index in [4.69, 9.17) is 0 Å². The number of likely N-dealkylation sites (N-methyl/N-ethyl adjacent to an activating group) is 1. The average molecular weight is 561 g/mol. The topological polar surface area (TPSA) is 93.4 Å². The molecule has 3 fully saturated rings. The first-order valence-electron chi connectivity index (χ1n) is 15.1. The van der Waals surface area contributed by atoms with Gasteiger partial charge in [-0.05, 0) is 75.0 Å². The van der Waals surface area contributed by atoms with Crippen molar-refractivity contribution in [3.05, 3.63) is 65.9 Å². The van der Waals surface area contributed by atoms with Crippen LogP contribution in [-0.4, -0.2) is 75.9 Å². The maximum absolute atomic E-state index is 14.5. The van der Waals surface area contributed by atoms with Crippen molar-refractivity contribution in [1.29, 1.82) is 0 Å². The number of H-pyrrole nitrogens is 1. The van der Waals surface area contributed by atoms with E-state index in [0.717, 1.165) is 60.8 Å². The summed E-state index contributed by atoms with van der Waals surface area (Å²) in [6.07, 6.45) is 9.95. The number of nitrogens with zero attached hydrogens (tertiary/aromatic N) is 3. The van der Waals surface area contributed by atoms with Gasteiger partial charge in [-0.15, -0.1) is 0 Å². The van der Waals surface area contributed by atoms with Crippen LogP contribution >= 0.6 is 0 Å². The molecule has 9 heteroatoms. The third-order valence-corrected chi connectivity index (χ3v) is 9.69. The lowest BCUT2D eigenvalue weighted by Gasteiger charge is -2.36. The molecule has 6 rings (SSSR count). The predicted octanol–water partition coefficient (Wildman–Crippen LogP) is 3.94. The molecular formula is C32H41FN6O2. The maximum Gasteiger partial charge on any atom is 0.245 e. The van der Waals surface area contributed by atoms with Crippen LogP contribution in [0.15, 0.2) is 48.8 Å². The fourth-order valence-electron chi connectivity index (χ4n) is 7.46. The Morgan fingerprint density at radius 1 is 1.15 bits per heavy atom. The highest BCUT2D eigenvalue weighted by Gasteiger charge is 2.52. The van der Waals surface area contributed by atoms with Gasteiger partial charge in [-0.25, -0.2) is 4.39 Å². The highest BCUT2D eigenvalue weighted by atomic mass is 19.1. The van der Waals surface area contributed by atoms with Crippen LogP contribution in [0.5, 0.6) is 0 Å². The number of hydrogen-bond donors (Lipinski definition) is 3. The summed E-state index contributed by atoms with van der Waals surface area (Å²) in [6, 6.07) is 10.1. The summed E-state index contributed by atoms with van der Waals surface area (Å²) in [5.41, 5.74) is 2.88. The summed E-state index contributed by atoms with van der Waals surface area (Å²) in [4.78, 5) is 40.0. The Morgan fingerprint density at radius 2 is 1.98 bits per heavy atom. The van der Waals surface area contributed by atoms with Crippen LogP contribution in [0.2, 0.25) is 0 Å². The van der Waals surface area contributed by atoms with Crippen molar-refractivity contribution >= 4 is 22.7 Å². The summed E-state index contributed by atoms with van der Waals surface area (Å²) >= 11 is 0. The molecule has 8 nitrogen and oxygen atoms in total. The fraction of sp³-hybridized carbons (Fsp3) is 0.531. The molecular weight excluding hydrogens is 519 g/mol. The molecule has 0 bridgehead atoms. The van der Waals surface area contributed by atoms with E-state index >= 15 is 0 Å². The highest BCUT2D eigenvalue weighted by Crippen LogP contribution is 2.44. The Kier molecular flexibility index (Phi) is 8.08. The Hall–Kier alpha value is -3.30. The van der Waals surface area contributed by atoms with E-state index in [9.17, 15) is 14.0 Å². The maximum atomic E-state index is 14.5. The zero-order valence-corrected chi connectivity index (χ0v) is 24.0. The smallest absolute Gasteiger partial charge is 0.245 e. The van der Waals surface area contributed by atoms with Crippen LogP contribution in [0.4, 0.5) is 4.39 Å². The van der Waals surface area contributed by atoms with Gasteiger partial charge in [0, 0.05) is 54.9 Å². The van der Waals surface area contributed by atoms with Crippen molar-refractivity contribution in [2.24, 2.45) is 5.92 Å². The minimum absolute atomic E-state index is 0.0385. The number of aromatic nitrogens is 2. The minimum Gasteiger partial charge on any atom is -0.361 e. The second-order valence-corrected chi connectivity index (χ2v) is 12.1. The second kappa shape index (κ2) is 11.9. The summed E-state index contributed by atoms with van der Waals surface area (Å²) in [5, 5.41) is 7.18. The lowest BCUT2D eigenvalue weighted by atomic mass is 9.82. The van der Waals surface area contributed by atoms with Gasteiger partial charge >= 0.3 is 0 Å². The van der Waals surface area contributed by atoms with Crippen LogP contribution in [0, 0.1) is 11.7 Å². The molecule has 1 saturated carbocycles. The van der Waals surface area contributed by atoms with E-state index < -0.39 is 6.04 Å². The summed E-state index contributed by atoms with van der Waals surface area (Å²) in [6.45, 7) is 3.96. The number of nitrogens with one attached hydrogen (secondary N) is 3. The molecule has 2 aromatic heterocycles. The number of rotatable bonds is 8. The van der Waals surface area contributed by atoms with Crippen LogP contribution in [0.1, 0.15) is 62.6 Å². The van der Waals surface area contributed by atoms with Gasteiger partial charge in [0.05, 0.1) is 17.8 Å². The van der Waals surface area contributed by atoms with Crippen LogP contribution in [0.3, 0.4) is 0 Å². The zero-order valence-electron chi connectivity index (χ0n) is 24.0. The van der Waals surface area contributed by atoms with E-state index in [1.807, 2.05) is 43.6 Å². The number of hydrogen-bond acceptors (Lipinski definition) is 5. The number of carbonyl (C=O) groups is 2. The molecule has 3 N–H and O–H groups in total. The van der Waals surface area contributed by atoms with Crippen molar-refractivity contribution in [2.75, 3.05) is 20.1 Å². The van der Waals surface area contributed by atoms with Gasteiger partial charge in [0.1, 0.15) is 11.9 Å². The minimum atomic E-state index is -0.528. The molecule has 2 saturated heterocycles. The lowest BCUT2D eigenvalue weighted by molar-refractivity contribution is -0.139. The van der Waals surface area contributed by atoms with Gasteiger partial charge in [0.2, 0.25) is 11.8 Å². The molecule has 41 heavy (non-hydrogen) atoms. The third kappa shape index (κ3) is 5.49. The Bertz CT molecular complexity index is 1370. The molecule has 2 aliphatic heterocycles. The first-order valence-corrected chi connectivity index (χ1v) is 15.1. The van der Waals surface area contributed by atoms with Gasteiger partial charge in [-0.1, -0.05) is 25.3 Å². The Morgan fingerprint density at radius 3 is 2.73 bits per heavy atom. The van der Waals surface area contributed by atoms with E-state index in [0.29, 0.717) is 13.1 Å². The average Bonchev–Trinajstić information content (AvgIpc) is 3.71. The quantitative estimate of drug-likeness (QED) is 0.388. The lowest BCUT2D eigenvalue weighted by Crippen LogP contribution is -2.57. The van der Waals surface area contributed by atoms with E-state index in [1.54, 1.807) is 7.05 Å². The SMILES string of the molecule is CN[C@@H](C)C(=O)N[C@H](C(=O)N1CC[C@@H]2[C@H]1[C@@H](c1c[nH]c3cc(F)ccc13)CN2Cc1ccccn1)C1CCCCC1. The van der Waals surface area contributed by atoms with Gasteiger partial charge in [0.15, 0.2) is 0 Å². The molecule has 5 atom stereocenters. The van der Waals surface area contributed by atoms with E-state index in [2.05, 4.69) is 30.4 Å². The first-order chi connectivity index (χ1) is 19.9. The zero-order chi connectivity index (χ0) is 28.5. The molecule has 3 aromatic rings. The molecule has 2 amide bonds. The van der Waals surface area contributed by atoms with Crippen molar-refractivity contribution in [1.82, 2.24) is 30.4 Å². The van der Waals surface area contributed by atoms with Gasteiger partial charge in [0.25, 0.3) is 0 Å². The van der Waals surface area contributed by atoms with Crippen molar-refractivity contribution < 1.29 is 14.0 Å². The third-order valence-electron chi connectivity index (χ3n) is 9.69. The second-order valence-electron chi connectivity index (χ2n) is 12.1. The molecule has 0 unspecified atom stereocenters. The molecule has 218 valence electrons. The number of amides is 2. The molecule has 4 heterocycles. The normalized spacial score (nSPS) is 24.9. The van der Waals surface area contributed by atoms with Gasteiger partial charge in [-0.3, -0.25) is 19.5 Å². The number of likely N-dealkylation sites (tertiary alicyclic amines) is 2. The van der Waals surface area contributed by atoms with Crippen LogP contribution in [-0.2, 0) is 16.1 Å². The Balaban J connectivity index is 1.34. The predicted molar refractivity (Wildman–Crippen MR) is 157 cm³/mol. The standard InChI is InChI=1S/C32H41FN6O2/c1-20(34-2)31(40)37-29(21-8-4-3-5-9-21)32(41)39-15-13-28-30(39)26(19-38(28)18-23-10-6-7-14-35-23)25-17-36-27-16-22(33)11-12-24(25)27/h6-7,10-12,14,16-17,20-21,26,28-30,34,36H,3-5,8-9,13,15,18-19H2,1-2H3,(H,37,40)/t20-,26+,28+,29-,30+/m0/s1. The summed E-state index contributed by atoms with van der Waals surface area (Å²) < 4.78 is 14.0. The van der Waals surface area contributed by atoms with Crippen molar-refractivity contribution in [3.63, 3.8) is 0 Å². The first kappa shape index (κ1) is 27.8. The number of pyridine rings is 1. The number of aromatic amines is 1. The number of carbonyl (C=O) groups excluding carboxylic acids is 2. The van der Waals surface area contributed by atoms with Gasteiger partial charge in [-0.2, -0.15) is 0 Å².